The summed E-state index contributed by atoms with van der Waals surface area (Å²) in [6.07, 6.45) is 10.3. The summed E-state index contributed by atoms with van der Waals surface area (Å²) < 4.78 is 17.9. The van der Waals surface area contributed by atoms with E-state index in [2.05, 4.69) is 36.5 Å². The lowest BCUT2D eigenvalue weighted by molar-refractivity contribution is -0.136. The molecule has 3 saturated heterocycles. The lowest BCUT2D eigenvalue weighted by Gasteiger charge is -2.46. The lowest BCUT2D eigenvalue weighted by Crippen LogP contribution is -2.54. The zero-order valence-electron chi connectivity index (χ0n) is 34.3. The number of hydrogen-bond acceptors (Lipinski definition) is 13. The number of nitrogens with zero attached hydrogens (tertiary/aromatic N) is 6. The fraction of sp³-hybridized carbons (Fsp3) is 0.511. The van der Waals surface area contributed by atoms with Crippen LogP contribution in [0.25, 0.3) is 0 Å². The highest BCUT2D eigenvalue weighted by Crippen LogP contribution is 2.36. The molecule has 62 heavy (non-hydrogen) atoms. The quantitative estimate of drug-likeness (QED) is 0.231. The highest BCUT2D eigenvalue weighted by Gasteiger charge is 2.45. The molecule has 17 heteroatoms. The molecular formula is C45H49ClN8O8. The van der Waals surface area contributed by atoms with Crippen LogP contribution < -0.4 is 25.0 Å². The van der Waals surface area contributed by atoms with Crippen molar-refractivity contribution in [2.45, 2.75) is 94.5 Å². The highest BCUT2D eigenvalue weighted by atomic mass is 35.5. The topological polar surface area (TPSA) is 196 Å². The fourth-order valence-electron chi connectivity index (χ4n) is 9.46. The van der Waals surface area contributed by atoms with Crippen molar-refractivity contribution in [2.75, 3.05) is 44.3 Å². The monoisotopic (exact) mass is 864 g/mol. The van der Waals surface area contributed by atoms with Crippen LogP contribution in [0.1, 0.15) is 101 Å². The fourth-order valence-corrected chi connectivity index (χ4v) is 9.67. The second kappa shape index (κ2) is 18.0. The third-order valence-corrected chi connectivity index (χ3v) is 13.5. The van der Waals surface area contributed by atoms with Gasteiger partial charge in [-0.05, 0) is 81.2 Å². The van der Waals surface area contributed by atoms with Crippen molar-refractivity contribution in [3.63, 3.8) is 0 Å². The number of piperidine rings is 2. The van der Waals surface area contributed by atoms with Crippen molar-refractivity contribution >= 4 is 47.0 Å². The Labute approximate surface area is 364 Å². The Kier molecular flexibility index (Phi) is 12.1. The number of carbonyl (C=O) groups excluding carboxylic acids is 5. The van der Waals surface area contributed by atoms with Crippen molar-refractivity contribution < 1.29 is 38.2 Å². The van der Waals surface area contributed by atoms with Crippen LogP contribution in [0, 0.1) is 23.2 Å². The SMILES string of the molecule is N#Cc1ccc(OC2CCC(NC(=O)c3cnc(N4CCC(CN(CC5COC5)C5CC(Oc6ccc7c(c6)C(=O)N(C6CCC(=O)NC6=O)C7=O)C5)CC4)cn3)CC2)cc1Cl. The Morgan fingerprint density at radius 1 is 0.871 bits per heavy atom. The van der Waals surface area contributed by atoms with E-state index in [-0.39, 0.29) is 48.1 Å². The summed E-state index contributed by atoms with van der Waals surface area (Å²) in [5, 5.41) is 14.8. The maximum absolute atomic E-state index is 13.3. The number of halogens is 1. The van der Waals surface area contributed by atoms with E-state index in [4.69, 9.17) is 31.1 Å². The number of aromatic nitrogens is 2. The van der Waals surface area contributed by atoms with Gasteiger partial charge in [0.15, 0.2) is 0 Å². The van der Waals surface area contributed by atoms with Gasteiger partial charge >= 0.3 is 0 Å². The van der Waals surface area contributed by atoms with Gasteiger partial charge in [-0.25, -0.2) is 9.97 Å². The number of nitriles is 1. The zero-order chi connectivity index (χ0) is 42.9. The first-order chi connectivity index (χ1) is 30.1. The van der Waals surface area contributed by atoms with Crippen LogP contribution in [-0.4, -0.2) is 119 Å². The first-order valence-corrected chi connectivity index (χ1v) is 22.0. The summed E-state index contributed by atoms with van der Waals surface area (Å²) in [5.41, 5.74) is 1.15. The summed E-state index contributed by atoms with van der Waals surface area (Å²) >= 11 is 6.16. The molecule has 2 aromatic carbocycles. The van der Waals surface area contributed by atoms with Crippen LogP contribution >= 0.6 is 11.6 Å². The smallest absolute Gasteiger partial charge is 0.271 e. The van der Waals surface area contributed by atoms with Crippen LogP contribution in [0.3, 0.4) is 0 Å². The van der Waals surface area contributed by atoms with Crippen LogP contribution in [0.15, 0.2) is 48.8 Å². The molecule has 3 aromatic rings. The number of rotatable bonds is 13. The Bertz CT molecular complexity index is 2260. The number of benzene rings is 2. The van der Waals surface area contributed by atoms with E-state index in [0.29, 0.717) is 45.7 Å². The van der Waals surface area contributed by atoms with Gasteiger partial charge in [0.2, 0.25) is 11.8 Å². The van der Waals surface area contributed by atoms with Gasteiger partial charge in [0.25, 0.3) is 17.7 Å². The average Bonchev–Trinajstić information content (AvgIpc) is 3.48. The molecule has 1 aromatic heterocycles. The van der Waals surface area contributed by atoms with E-state index in [1.54, 1.807) is 48.8 Å². The predicted molar refractivity (Wildman–Crippen MR) is 224 cm³/mol. The van der Waals surface area contributed by atoms with Gasteiger partial charge in [-0.2, -0.15) is 5.26 Å². The molecule has 1 atom stereocenters. The molecule has 0 spiro atoms. The number of fused-ring (bicyclic) bond motifs is 1. The molecule has 9 rings (SSSR count). The number of carbonyl (C=O) groups is 5. The van der Waals surface area contributed by atoms with Gasteiger partial charge in [0.1, 0.15) is 41.2 Å². The van der Waals surface area contributed by atoms with Gasteiger partial charge < -0.3 is 24.4 Å². The summed E-state index contributed by atoms with van der Waals surface area (Å²) in [7, 11) is 0. The molecule has 1 unspecified atom stereocenters. The first kappa shape index (κ1) is 41.7. The third-order valence-electron chi connectivity index (χ3n) is 13.2. The molecule has 0 bridgehead atoms. The van der Waals surface area contributed by atoms with Crippen molar-refractivity contribution in [2.24, 2.45) is 11.8 Å². The van der Waals surface area contributed by atoms with E-state index in [1.165, 1.54) is 0 Å². The Morgan fingerprint density at radius 3 is 2.26 bits per heavy atom. The maximum Gasteiger partial charge on any atom is 0.271 e. The summed E-state index contributed by atoms with van der Waals surface area (Å²) in [4.78, 5) is 78.6. The van der Waals surface area contributed by atoms with Gasteiger partial charge in [-0.3, -0.25) is 39.1 Å². The van der Waals surface area contributed by atoms with E-state index >= 15 is 0 Å². The maximum atomic E-state index is 13.3. The molecule has 16 nitrogen and oxygen atoms in total. The van der Waals surface area contributed by atoms with E-state index in [0.717, 1.165) is 101 Å². The van der Waals surface area contributed by atoms with Crippen molar-refractivity contribution in [3.05, 3.63) is 76.2 Å². The Morgan fingerprint density at radius 2 is 1.58 bits per heavy atom. The summed E-state index contributed by atoms with van der Waals surface area (Å²) in [5.74, 6) is 0.588. The van der Waals surface area contributed by atoms with Crippen LogP contribution in [0.2, 0.25) is 5.02 Å². The van der Waals surface area contributed by atoms with Crippen LogP contribution in [0.4, 0.5) is 5.82 Å². The van der Waals surface area contributed by atoms with Gasteiger partial charge in [0.05, 0.1) is 53.4 Å². The molecule has 0 radical (unpaired) electrons. The zero-order valence-corrected chi connectivity index (χ0v) is 35.1. The number of imide groups is 2. The molecule has 5 fully saturated rings. The highest BCUT2D eigenvalue weighted by molar-refractivity contribution is 6.31. The first-order valence-electron chi connectivity index (χ1n) is 21.7. The minimum atomic E-state index is -1.01. The second-order valence-electron chi connectivity index (χ2n) is 17.4. The number of hydrogen-bond donors (Lipinski definition) is 2. The van der Waals surface area contributed by atoms with Crippen molar-refractivity contribution in [1.82, 2.24) is 30.4 Å². The lowest BCUT2D eigenvalue weighted by atomic mass is 9.85. The molecule has 5 amide bonds. The molecule has 324 valence electrons. The van der Waals surface area contributed by atoms with E-state index in [9.17, 15) is 24.0 Å². The second-order valence-corrected chi connectivity index (χ2v) is 17.8. The number of nitrogens with one attached hydrogen (secondary N) is 2. The molecule has 4 aliphatic heterocycles. The van der Waals surface area contributed by atoms with Crippen LogP contribution in [0.5, 0.6) is 11.5 Å². The Balaban J connectivity index is 0.721. The van der Waals surface area contributed by atoms with E-state index in [1.807, 2.05) is 0 Å². The Hall–Kier alpha value is -5.63. The average molecular weight is 865 g/mol. The minimum Gasteiger partial charge on any atom is -0.490 e. The molecule has 2 aliphatic carbocycles. The number of amides is 5. The van der Waals surface area contributed by atoms with E-state index < -0.39 is 29.7 Å². The van der Waals surface area contributed by atoms with Crippen molar-refractivity contribution in [1.29, 1.82) is 5.26 Å². The molecule has 2 saturated carbocycles. The predicted octanol–water partition coefficient (Wildman–Crippen LogP) is 4.30. The largest absolute Gasteiger partial charge is 0.490 e. The number of anilines is 1. The molecular weight excluding hydrogens is 816 g/mol. The van der Waals surface area contributed by atoms with Gasteiger partial charge in [-0.15, -0.1) is 0 Å². The minimum absolute atomic E-state index is 0.0124. The molecule has 6 aliphatic rings. The summed E-state index contributed by atoms with van der Waals surface area (Å²) in [6.45, 7) is 5.21. The molecule has 5 heterocycles. The van der Waals surface area contributed by atoms with Crippen LogP contribution in [-0.2, 0) is 14.3 Å². The summed E-state index contributed by atoms with van der Waals surface area (Å²) in [6, 6.07) is 11.4. The standard InChI is InChI=1S/C45H49ClN8O8/c46-37-18-33(4-1-28(37)19-47)61-31-5-2-29(3-6-31)50-42(56)38-20-49-40(21-48-38)52-13-11-26(12-14-52)22-53(23-27-24-60-25-27)30-15-34(16-30)62-32-7-8-35-36(17-32)45(59)54(44(35)58)39-9-10-41(55)51-43(39)57/h1,4,7-8,17-18,20-21,26-27,29-31,34,39H,2-3,5-6,9-16,22-25H2,(H,50,56)(H,51,55,57). The van der Waals surface area contributed by atoms with Gasteiger partial charge in [0, 0.05) is 69.5 Å². The normalized spacial score (nSPS) is 25.4. The molecule has 2 N–H and O–H groups in total. The van der Waals surface area contributed by atoms with Crippen molar-refractivity contribution in [3.8, 4) is 17.6 Å². The number of ether oxygens (including phenoxy) is 3. The third kappa shape index (κ3) is 8.97. The van der Waals surface area contributed by atoms with Gasteiger partial charge in [-0.1, -0.05) is 11.6 Å².